The lowest BCUT2D eigenvalue weighted by Gasteiger charge is -2.42. The number of hydrogen-bond donors (Lipinski definition) is 2. The molecule has 1 aliphatic rings. The fourth-order valence-electron chi connectivity index (χ4n) is 3.59. The lowest BCUT2D eigenvalue weighted by atomic mass is 9.64. The number of aliphatic imine (C=N–C) groups is 1. The lowest BCUT2D eigenvalue weighted by Crippen LogP contribution is -2.41. The first kappa shape index (κ1) is 22.2. The van der Waals surface area contributed by atoms with Crippen molar-refractivity contribution in [3.05, 3.63) is 12.2 Å². The van der Waals surface area contributed by atoms with Crippen LogP contribution in [0.2, 0.25) is 0 Å². The summed E-state index contributed by atoms with van der Waals surface area (Å²) < 4.78 is 2.10. The molecule has 0 spiro atoms. The highest BCUT2D eigenvalue weighted by molar-refractivity contribution is 14.0. The highest BCUT2D eigenvalue weighted by Gasteiger charge is 2.37. The van der Waals surface area contributed by atoms with Crippen molar-refractivity contribution in [2.24, 2.45) is 16.3 Å². The average molecular weight is 462 g/mol. The molecule has 25 heavy (non-hydrogen) atoms. The second kappa shape index (κ2) is 11.0. The molecule has 0 aromatic carbocycles. The van der Waals surface area contributed by atoms with E-state index in [1.165, 1.54) is 25.7 Å². The van der Waals surface area contributed by atoms with Gasteiger partial charge in [0.15, 0.2) is 5.96 Å². The van der Waals surface area contributed by atoms with Crippen molar-refractivity contribution in [1.29, 1.82) is 0 Å². The molecule has 1 aromatic heterocycles. The van der Waals surface area contributed by atoms with E-state index in [2.05, 4.69) is 53.1 Å². The van der Waals surface area contributed by atoms with Crippen LogP contribution in [-0.4, -0.2) is 40.4 Å². The van der Waals surface area contributed by atoms with Crippen LogP contribution in [0.15, 0.2) is 11.3 Å². The first-order valence-electron chi connectivity index (χ1n) is 9.47. The summed E-state index contributed by atoms with van der Waals surface area (Å²) >= 11 is 0. The lowest BCUT2D eigenvalue weighted by molar-refractivity contribution is 0.111. The number of aryl methyl sites for hydroxylation is 1. The van der Waals surface area contributed by atoms with Crippen LogP contribution in [0, 0.1) is 11.3 Å². The third-order valence-corrected chi connectivity index (χ3v) is 4.83. The molecule has 0 amide bonds. The topological polar surface area (TPSA) is 67.1 Å². The number of nitrogens with one attached hydrogen (secondary N) is 2. The van der Waals surface area contributed by atoms with Gasteiger partial charge in [0.2, 0.25) is 0 Å². The third kappa shape index (κ3) is 6.75. The Morgan fingerprint density at radius 2 is 2.08 bits per heavy atom. The van der Waals surface area contributed by atoms with Crippen molar-refractivity contribution in [3.8, 4) is 0 Å². The number of guanidine groups is 1. The minimum atomic E-state index is 0. The van der Waals surface area contributed by atoms with Crippen LogP contribution < -0.4 is 10.6 Å². The van der Waals surface area contributed by atoms with Gasteiger partial charge in [0.05, 0.1) is 0 Å². The molecule has 1 heterocycles. The zero-order valence-electron chi connectivity index (χ0n) is 16.2. The molecule has 2 N–H and O–H groups in total. The predicted octanol–water partition coefficient (Wildman–Crippen LogP) is 3.23. The second-order valence-electron chi connectivity index (χ2n) is 7.37. The van der Waals surface area contributed by atoms with Crippen LogP contribution in [0.3, 0.4) is 0 Å². The molecule has 0 bridgehead atoms. The van der Waals surface area contributed by atoms with Crippen molar-refractivity contribution in [3.63, 3.8) is 0 Å². The molecule has 0 aliphatic heterocycles. The molecular weight excluding hydrogens is 427 g/mol. The quantitative estimate of drug-likeness (QED) is 0.336. The van der Waals surface area contributed by atoms with Crippen molar-refractivity contribution >= 4 is 29.9 Å². The van der Waals surface area contributed by atoms with E-state index in [4.69, 9.17) is 4.99 Å². The molecule has 7 heteroatoms. The third-order valence-electron chi connectivity index (χ3n) is 4.83. The maximum absolute atomic E-state index is 4.88. The van der Waals surface area contributed by atoms with Crippen LogP contribution in [-0.2, 0) is 13.0 Å². The van der Waals surface area contributed by atoms with E-state index in [-0.39, 0.29) is 24.0 Å². The second-order valence-corrected chi connectivity index (χ2v) is 7.37. The van der Waals surface area contributed by atoms with Gasteiger partial charge in [-0.05, 0) is 37.5 Å². The number of rotatable bonds is 9. The minimum Gasteiger partial charge on any atom is -0.357 e. The first-order valence-corrected chi connectivity index (χ1v) is 9.47. The Balaban J connectivity index is 0.00000312. The van der Waals surface area contributed by atoms with Gasteiger partial charge in [-0.3, -0.25) is 4.99 Å². The summed E-state index contributed by atoms with van der Waals surface area (Å²) in [5.74, 6) is 2.71. The smallest absolute Gasteiger partial charge is 0.191 e. The minimum absolute atomic E-state index is 0. The van der Waals surface area contributed by atoms with Crippen LogP contribution in [0.1, 0.15) is 59.2 Å². The summed E-state index contributed by atoms with van der Waals surface area (Å²) in [7, 11) is 0. The van der Waals surface area contributed by atoms with Crippen LogP contribution in [0.25, 0.3) is 0 Å². The van der Waals surface area contributed by atoms with E-state index in [0.717, 1.165) is 50.3 Å². The van der Waals surface area contributed by atoms with Gasteiger partial charge >= 0.3 is 0 Å². The van der Waals surface area contributed by atoms with Crippen LogP contribution >= 0.6 is 24.0 Å². The molecule has 1 aliphatic carbocycles. The van der Waals surface area contributed by atoms with E-state index in [1.54, 1.807) is 6.33 Å². The first-order chi connectivity index (χ1) is 11.6. The molecule has 0 radical (unpaired) electrons. The number of hydrogen-bond acceptors (Lipinski definition) is 3. The Morgan fingerprint density at radius 1 is 1.32 bits per heavy atom. The molecule has 1 fully saturated rings. The van der Waals surface area contributed by atoms with Gasteiger partial charge in [-0.25, -0.2) is 0 Å². The Kier molecular flexibility index (Phi) is 9.74. The zero-order valence-corrected chi connectivity index (χ0v) is 18.5. The summed E-state index contributed by atoms with van der Waals surface area (Å²) in [6.45, 7) is 12.4. The normalized spacial score (nSPS) is 16.3. The van der Waals surface area contributed by atoms with Crippen LogP contribution in [0.4, 0.5) is 0 Å². The summed E-state index contributed by atoms with van der Waals surface area (Å²) in [5, 5.41) is 14.9. The van der Waals surface area contributed by atoms with Gasteiger partial charge in [0.1, 0.15) is 12.2 Å². The standard InChI is InChI=1S/C18H34N6.HI/c1-5-16-23-22-14-24(16)11-10-20-17(19-6-2)21-13-18(8-7-9-18)12-15(3)4;/h14-15H,5-13H2,1-4H3,(H2,19,20,21);1H. The molecule has 2 rings (SSSR count). The summed E-state index contributed by atoms with van der Waals surface area (Å²) in [6, 6.07) is 0. The molecule has 0 unspecified atom stereocenters. The number of nitrogens with zero attached hydrogens (tertiary/aromatic N) is 4. The van der Waals surface area contributed by atoms with E-state index in [9.17, 15) is 0 Å². The highest BCUT2D eigenvalue weighted by atomic mass is 127. The highest BCUT2D eigenvalue weighted by Crippen LogP contribution is 2.46. The number of aromatic nitrogens is 3. The molecular formula is C18H35IN6. The van der Waals surface area contributed by atoms with Gasteiger partial charge in [-0.15, -0.1) is 34.2 Å². The van der Waals surface area contributed by atoms with Gasteiger partial charge in [0.25, 0.3) is 0 Å². The zero-order chi connectivity index (χ0) is 17.4. The average Bonchev–Trinajstić information content (AvgIpc) is 2.96. The molecule has 1 aromatic rings. The summed E-state index contributed by atoms with van der Waals surface area (Å²) in [5.41, 5.74) is 0.445. The van der Waals surface area contributed by atoms with Crippen molar-refractivity contribution in [2.45, 2.75) is 66.3 Å². The van der Waals surface area contributed by atoms with E-state index in [1.807, 2.05) is 0 Å². The van der Waals surface area contributed by atoms with E-state index in [0.29, 0.717) is 5.41 Å². The molecule has 0 saturated heterocycles. The Bertz CT molecular complexity index is 521. The molecule has 1 saturated carbocycles. The SMILES string of the molecule is CCNC(=NCC1(CC(C)C)CCC1)NCCn1cnnc1CC.I. The van der Waals surface area contributed by atoms with Gasteiger partial charge in [-0.2, -0.15) is 0 Å². The van der Waals surface area contributed by atoms with Crippen LogP contribution in [0.5, 0.6) is 0 Å². The summed E-state index contributed by atoms with van der Waals surface area (Å²) in [6.07, 6.45) is 8.02. The maximum Gasteiger partial charge on any atom is 0.191 e. The fourth-order valence-corrected chi connectivity index (χ4v) is 3.59. The van der Waals surface area contributed by atoms with E-state index < -0.39 is 0 Å². The largest absolute Gasteiger partial charge is 0.357 e. The van der Waals surface area contributed by atoms with E-state index >= 15 is 0 Å². The van der Waals surface area contributed by atoms with Gasteiger partial charge < -0.3 is 15.2 Å². The Hall–Kier alpha value is -0.860. The predicted molar refractivity (Wildman–Crippen MR) is 115 cm³/mol. The van der Waals surface area contributed by atoms with Gasteiger partial charge in [-0.1, -0.05) is 27.2 Å². The molecule has 0 atom stereocenters. The monoisotopic (exact) mass is 462 g/mol. The molecule has 6 nitrogen and oxygen atoms in total. The Morgan fingerprint density at radius 3 is 2.64 bits per heavy atom. The fraction of sp³-hybridized carbons (Fsp3) is 0.833. The maximum atomic E-state index is 4.88. The van der Waals surface area contributed by atoms with Gasteiger partial charge in [0, 0.05) is 32.6 Å². The molecule has 144 valence electrons. The number of halogens is 1. The van der Waals surface area contributed by atoms with Crippen molar-refractivity contribution in [1.82, 2.24) is 25.4 Å². The summed E-state index contributed by atoms with van der Waals surface area (Å²) in [4.78, 5) is 4.88. The van der Waals surface area contributed by atoms with Crippen molar-refractivity contribution in [2.75, 3.05) is 19.6 Å². The Labute approximate surface area is 169 Å². The van der Waals surface area contributed by atoms with Crippen molar-refractivity contribution < 1.29 is 0 Å².